The minimum Gasteiger partial charge on any atom is -0.434 e. The molecule has 0 rings (SSSR count). The van der Waals surface area contributed by atoms with Crippen LogP contribution >= 0.6 is 0 Å². The normalized spacial score (nSPS) is 12.3. The summed E-state index contributed by atoms with van der Waals surface area (Å²) in [6.45, 7) is 3.48. The van der Waals surface area contributed by atoms with Gasteiger partial charge in [-0.15, -0.1) is 0 Å². The van der Waals surface area contributed by atoms with E-state index in [-0.39, 0.29) is 36.2 Å². The second kappa shape index (κ2) is 15.7. The summed E-state index contributed by atoms with van der Waals surface area (Å²) in [6.07, 6.45) is 10.7. The fourth-order valence-electron chi connectivity index (χ4n) is 1.98. The maximum absolute atomic E-state index is 11.1. The van der Waals surface area contributed by atoms with Crippen molar-refractivity contribution >= 4 is 16.3 Å². The fourth-order valence-corrected chi connectivity index (χ4v) is 2.18. The second-order valence-corrected chi connectivity index (χ2v) is 7.17. The van der Waals surface area contributed by atoms with Crippen molar-refractivity contribution in [3.05, 3.63) is 0 Å². The number of ether oxygens (including phenoxy) is 2. The first-order valence-corrected chi connectivity index (χ1v) is 9.68. The second-order valence-electron chi connectivity index (χ2n) is 5.48. The smallest absolute Gasteiger partial charge is 0.434 e. The van der Waals surface area contributed by atoms with Crippen molar-refractivity contribution < 1.29 is 56.8 Å². The van der Waals surface area contributed by atoms with E-state index in [1.165, 1.54) is 44.9 Å². The van der Waals surface area contributed by atoms with Gasteiger partial charge in [-0.1, -0.05) is 64.7 Å². The molecule has 0 aliphatic heterocycles. The Bertz CT molecular complexity index is 385. The van der Waals surface area contributed by atoms with Gasteiger partial charge in [-0.3, -0.25) is 4.55 Å². The molecule has 0 spiro atoms. The molecule has 0 saturated carbocycles. The molecule has 0 saturated heterocycles. The minimum atomic E-state index is -4.38. The van der Waals surface area contributed by atoms with E-state index in [1.807, 2.05) is 0 Å². The monoisotopic (exact) mass is 361 g/mol. The van der Waals surface area contributed by atoms with Crippen molar-refractivity contribution in [2.75, 3.05) is 6.61 Å². The van der Waals surface area contributed by atoms with Gasteiger partial charge in [-0.25, -0.2) is 4.79 Å². The Morgan fingerprint density at radius 1 is 0.957 bits per heavy atom. The maximum atomic E-state index is 11.1. The van der Waals surface area contributed by atoms with E-state index in [0.717, 1.165) is 26.2 Å². The number of unbranched alkanes of at least 4 members (excludes halogenated alkanes) is 9. The minimum absolute atomic E-state index is 0. The molecular formula is C15H30NaO6S+. The third-order valence-electron chi connectivity index (χ3n) is 3.40. The van der Waals surface area contributed by atoms with Gasteiger partial charge in [0.2, 0.25) is 5.44 Å². The zero-order valence-corrected chi connectivity index (χ0v) is 17.6. The molecule has 1 N–H and O–H groups in total. The maximum Gasteiger partial charge on any atom is 1.00 e. The predicted octanol–water partition coefficient (Wildman–Crippen LogP) is 1.30. The summed E-state index contributed by atoms with van der Waals surface area (Å²) in [5, 5.41) is 0. The molecule has 132 valence electrons. The van der Waals surface area contributed by atoms with E-state index in [2.05, 4.69) is 11.7 Å². The molecule has 0 amide bonds. The molecule has 0 bridgehead atoms. The Morgan fingerprint density at radius 3 is 1.83 bits per heavy atom. The Morgan fingerprint density at radius 2 is 1.39 bits per heavy atom. The van der Waals surface area contributed by atoms with Gasteiger partial charge in [0.05, 0.1) is 6.61 Å². The predicted molar refractivity (Wildman–Crippen MR) is 85.3 cm³/mol. The summed E-state index contributed by atoms with van der Waals surface area (Å²) in [4.78, 5) is 11.1. The number of rotatable bonds is 13. The van der Waals surface area contributed by atoms with Gasteiger partial charge in [0, 0.05) is 0 Å². The van der Waals surface area contributed by atoms with Crippen molar-refractivity contribution in [1.82, 2.24) is 0 Å². The van der Waals surface area contributed by atoms with Crippen LogP contribution in [0.2, 0.25) is 0 Å². The Hall–Kier alpha value is 0.180. The zero-order valence-electron chi connectivity index (χ0n) is 14.8. The van der Waals surface area contributed by atoms with Crippen molar-refractivity contribution in [2.24, 2.45) is 0 Å². The molecule has 8 heteroatoms. The number of hydrogen-bond acceptors (Lipinski definition) is 5. The van der Waals surface area contributed by atoms with E-state index in [9.17, 15) is 13.2 Å². The van der Waals surface area contributed by atoms with Crippen LogP contribution in [-0.4, -0.2) is 31.2 Å². The van der Waals surface area contributed by atoms with Crippen LogP contribution in [0, 0.1) is 0 Å². The zero-order chi connectivity index (χ0) is 16.8. The molecule has 0 aliphatic rings. The molecule has 0 aliphatic carbocycles. The molecule has 0 heterocycles. The third kappa shape index (κ3) is 16.8. The summed E-state index contributed by atoms with van der Waals surface area (Å²) in [7, 11) is -4.38. The molecular weight excluding hydrogens is 331 g/mol. The first-order valence-electron chi connectivity index (χ1n) is 8.17. The van der Waals surface area contributed by atoms with Gasteiger partial charge < -0.3 is 9.47 Å². The van der Waals surface area contributed by atoms with Crippen LogP contribution in [0.1, 0.15) is 78.1 Å². The van der Waals surface area contributed by atoms with Crippen LogP contribution in [-0.2, 0) is 19.6 Å². The molecule has 1 unspecified atom stereocenters. The van der Waals surface area contributed by atoms with Crippen LogP contribution in [0.15, 0.2) is 0 Å². The average Bonchev–Trinajstić information content (AvgIpc) is 2.43. The van der Waals surface area contributed by atoms with E-state index in [4.69, 9.17) is 9.29 Å². The van der Waals surface area contributed by atoms with Gasteiger partial charge in [-0.2, -0.15) is 8.42 Å². The summed E-state index contributed by atoms with van der Waals surface area (Å²) in [5.41, 5.74) is -1.60. The molecule has 0 radical (unpaired) electrons. The first-order chi connectivity index (χ1) is 10.4. The van der Waals surface area contributed by atoms with Crippen molar-refractivity contribution in [3.8, 4) is 0 Å². The number of carbonyl (C=O) groups excluding carboxylic acids is 1. The van der Waals surface area contributed by atoms with E-state index in [0.29, 0.717) is 0 Å². The fraction of sp³-hybridized carbons (Fsp3) is 0.933. The topological polar surface area (TPSA) is 89.9 Å². The molecule has 0 aromatic heterocycles. The summed E-state index contributed by atoms with van der Waals surface area (Å²) >= 11 is 0. The molecule has 0 aromatic carbocycles. The van der Waals surface area contributed by atoms with Gasteiger partial charge in [0.1, 0.15) is 0 Å². The van der Waals surface area contributed by atoms with Crippen molar-refractivity contribution in [1.29, 1.82) is 0 Å². The summed E-state index contributed by atoms with van der Waals surface area (Å²) in [5.74, 6) is 0. The Kier molecular flexibility index (Phi) is 17.3. The standard InChI is InChI=1S/C15H30O6S.Na/c1-3-4-5-6-7-8-9-10-11-12-13-20-15(16)21-14(2)22(17,18)19;/h14H,3-13H2,1-2H3,(H,17,18,19);/q;+1. The van der Waals surface area contributed by atoms with Crippen LogP contribution in [0.3, 0.4) is 0 Å². The van der Waals surface area contributed by atoms with Crippen molar-refractivity contribution in [2.45, 2.75) is 83.5 Å². The van der Waals surface area contributed by atoms with E-state index < -0.39 is 21.7 Å². The van der Waals surface area contributed by atoms with Crippen LogP contribution < -0.4 is 29.6 Å². The van der Waals surface area contributed by atoms with Gasteiger partial charge in [-0.05, 0) is 13.3 Å². The summed E-state index contributed by atoms with van der Waals surface area (Å²) in [6, 6.07) is 0. The molecule has 0 fully saturated rings. The molecule has 23 heavy (non-hydrogen) atoms. The van der Waals surface area contributed by atoms with Crippen LogP contribution in [0.25, 0.3) is 0 Å². The Balaban J connectivity index is 0. The van der Waals surface area contributed by atoms with Crippen LogP contribution in [0.5, 0.6) is 0 Å². The van der Waals surface area contributed by atoms with E-state index in [1.54, 1.807) is 0 Å². The first kappa shape index (κ1) is 25.4. The molecule has 1 atom stereocenters. The quantitative estimate of drug-likeness (QED) is 0.230. The van der Waals surface area contributed by atoms with Gasteiger partial charge in [0.25, 0.3) is 0 Å². The SMILES string of the molecule is CCCCCCCCCCCCOC(=O)OC(C)S(=O)(=O)O.[Na+]. The molecule has 6 nitrogen and oxygen atoms in total. The number of hydrogen-bond donors (Lipinski definition) is 1. The summed E-state index contributed by atoms with van der Waals surface area (Å²) < 4.78 is 39.1. The number of carbonyl (C=O) groups is 1. The Labute approximate surface area is 162 Å². The van der Waals surface area contributed by atoms with E-state index >= 15 is 0 Å². The largest absolute Gasteiger partial charge is 1.00 e. The van der Waals surface area contributed by atoms with Crippen molar-refractivity contribution in [3.63, 3.8) is 0 Å². The average molecular weight is 361 g/mol. The van der Waals surface area contributed by atoms with Gasteiger partial charge >= 0.3 is 45.8 Å². The van der Waals surface area contributed by atoms with Crippen LogP contribution in [0.4, 0.5) is 4.79 Å². The molecule has 0 aromatic rings. The third-order valence-corrected chi connectivity index (χ3v) is 4.33. The van der Waals surface area contributed by atoms with Gasteiger partial charge in [0.15, 0.2) is 0 Å².